The first-order valence-corrected chi connectivity index (χ1v) is 7.76. The van der Waals surface area contributed by atoms with Crippen molar-refractivity contribution >= 4 is 17.7 Å². The number of carbonyl (C=O) groups is 1. The number of nitrogens with zero attached hydrogens (tertiary/aromatic N) is 3. The molecule has 1 N–H and O–H groups in total. The molecule has 1 amide bonds. The maximum Gasteiger partial charge on any atom is 0.224 e. The third kappa shape index (κ3) is 2.39. The van der Waals surface area contributed by atoms with Crippen molar-refractivity contribution in [3.05, 3.63) is 11.6 Å². The van der Waals surface area contributed by atoms with Gasteiger partial charge in [-0.05, 0) is 25.0 Å². The number of carbonyl (C=O) groups excluding carboxylic acids is 1. The van der Waals surface area contributed by atoms with Gasteiger partial charge in [-0.1, -0.05) is 0 Å². The van der Waals surface area contributed by atoms with Gasteiger partial charge in [0, 0.05) is 24.6 Å². The Morgan fingerprint density at radius 1 is 1.44 bits per heavy atom. The zero-order chi connectivity index (χ0) is 12.4. The minimum Gasteiger partial charge on any atom is -0.349 e. The average Bonchev–Trinajstić information content (AvgIpc) is 3.06. The van der Waals surface area contributed by atoms with E-state index < -0.39 is 0 Å². The van der Waals surface area contributed by atoms with Crippen molar-refractivity contribution in [2.45, 2.75) is 38.8 Å². The zero-order valence-corrected chi connectivity index (χ0v) is 11.2. The molecule has 0 radical (unpaired) electrons. The van der Waals surface area contributed by atoms with Gasteiger partial charge in [0.2, 0.25) is 5.91 Å². The van der Waals surface area contributed by atoms with E-state index in [4.69, 9.17) is 0 Å². The third-order valence-electron chi connectivity index (χ3n) is 3.66. The van der Waals surface area contributed by atoms with Crippen molar-refractivity contribution in [1.29, 1.82) is 0 Å². The predicted molar refractivity (Wildman–Crippen MR) is 70.2 cm³/mol. The van der Waals surface area contributed by atoms with Crippen LogP contribution in [-0.2, 0) is 24.3 Å². The summed E-state index contributed by atoms with van der Waals surface area (Å²) < 4.78 is 2.16. The summed E-state index contributed by atoms with van der Waals surface area (Å²) in [7, 11) is 0. The van der Waals surface area contributed by atoms with E-state index in [2.05, 4.69) is 20.1 Å². The fraction of sp³-hybridized carbons (Fsp3) is 0.750. The van der Waals surface area contributed by atoms with Crippen LogP contribution < -0.4 is 5.32 Å². The van der Waals surface area contributed by atoms with Crippen LogP contribution in [-0.4, -0.2) is 32.2 Å². The van der Waals surface area contributed by atoms with Crippen molar-refractivity contribution in [3.63, 3.8) is 0 Å². The Kier molecular flexibility index (Phi) is 3.54. The van der Waals surface area contributed by atoms with E-state index in [1.54, 1.807) is 0 Å². The van der Waals surface area contributed by atoms with Crippen molar-refractivity contribution in [3.8, 4) is 0 Å². The van der Waals surface area contributed by atoms with E-state index in [9.17, 15) is 4.79 Å². The smallest absolute Gasteiger partial charge is 0.224 e. The molecule has 0 aliphatic carbocycles. The lowest BCUT2D eigenvalue weighted by molar-refractivity contribution is -0.124. The SMILES string of the molecule is O=C(NCc1nnc2n1CCCC2)C1CCSC1. The molecule has 0 saturated carbocycles. The minimum absolute atomic E-state index is 0.174. The maximum atomic E-state index is 11.9. The Balaban J connectivity index is 1.59. The van der Waals surface area contributed by atoms with Gasteiger partial charge >= 0.3 is 0 Å². The number of thioether (sulfide) groups is 1. The summed E-state index contributed by atoms with van der Waals surface area (Å²) in [5.41, 5.74) is 0. The molecule has 2 aliphatic rings. The average molecular weight is 266 g/mol. The summed E-state index contributed by atoms with van der Waals surface area (Å²) in [6.45, 7) is 1.51. The zero-order valence-electron chi connectivity index (χ0n) is 10.4. The molecular formula is C12H18N4OS. The van der Waals surface area contributed by atoms with Gasteiger partial charge in [0.25, 0.3) is 0 Å². The highest BCUT2D eigenvalue weighted by Gasteiger charge is 2.23. The van der Waals surface area contributed by atoms with E-state index in [0.29, 0.717) is 6.54 Å². The fourth-order valence-electron chi connectivity index (χ4n) is 2.55. The quantitative estimate of drug-likeness (QED) is 0.886. The number of amides is 1. The molecule has 1 aromatic heterocycles. The minimum atomic E-state index is 0.174. The number of aromatic nitrogens is 3. The summed E-state index contributed by atoms with van der Waals surface area (Å²) in [6, 6.07) is 0. The molecule has 1 saturated heterocycles. The number of hydrogen-bond donors (Lipinski definition) is 1. The first-order valence-electron chi connectivity index (χ1n) is 6.61. The molecule has 0 spiro atoms. The van der Waals surface area contributed by atoms with Gasteiger partial charge < -0.3 is 9.88 Å². The normalized spacial score (nSPS) is 22.8. The Hall–Kier alpha value is -1.04. The van der Waals surface area contributed by atoms with Crippen LogP contribution in [0.5, 0.6) is 0 Å². The third-order valence-corrected chi connectivity index (χ3v) is 4.82. The Morgan fingerprint density at radius 3 is 3.22 bits per heavy atom. The van der Waals surface area contributed by atoms with Crippen molar-refractivity contribution in [2.24, 2.45) is 5.92 Å². The van der Waals surface area contributed by atoms with E-state index >= 15 is 0 Å². The molecular weight excluding hydrogens is 248 g/mol. The lowest BCUT2D eigenvalue weighted by atomic mass is 10.1. The van der Waals surface area contributed by atoms with Gasteiger partial charge in [-0.2, -0.15) is 11.8 Å². The van der Waals surface area contributed by atoms with E-state index in [0.717, 1.165) is 42.5 Å². The van der Waals surface area contributed by atoms with Gasteiger partial charge in [-0.15, -0.1) is 10.2 Å². The highest BCUT2D eigenvalue weighted by Crippen LogP contribution is 2.23. The van der Waals surface area contributed by atoms with Crippen LogP contribution in [0.15, 0.2) is 0 Å². The lowest BCUT2D eigenvalue weighted by Gasteiger charge is -2.15. The summed E-state index contributed by atoms with van der Waals surface area (Å²) in [4.78, 5) is 11.9. The Labute approximate surface area is 111 Å². The van der Waals surface area contributed by atoms with Gasteiger partial charge in [-0.3, -0.25) is 4.79 Å². The number of hydrogen-bond acceptors (Lipinski definition) is 4. The summed E-state index contributed by atoms with van der Waals surface area (Å²) in [6.07, 6.45) is 4.41. The molecule has 98 valence electrons. The second-order valence-corrected chi connectivity index (χ2v) is 6.07. The second kappa shape index (κ2) is 5.30. The van der Waals surface area contributed by atoms with E-state index in [1.165, 1.54) is 12.8 Å². The number of fused-ring (bicyclic) bond motifs is 1. The first-order chi connectivity index (χ1) is 8.84. The molecule has 0 aromatic carbocycles. The van der Waals surface area contributed by atoms with Gasteiger partial charge in [0.1, 0.15) is 5.82 Å². The second-order valence-electron chi connectivity index (χ2n) is 4.92. The van der Waals surface area contributed by atoms with E-state index in [-0.39, 0.29) is 11.8 Å². The summed E-state index contributed by atoms with van der Waals surface area (Å²) in [5.74, 6) is 4.42. The summed E-state index contributed by atoms with van der Waals surface area (Å²) in [5, 5.41) is 11.4. The summed E-state index contributed by atoms with van der Waals surface area (Å²) >= 11 is 1.86. The molecule has 5 nitrogen and oxygen atoms in total. The van der Waals surface area contributed by atoms with Crippen LogP contribution in [0.2, 0.25) is 0 Å². The molecule has 1 fully saturated rings. The highest BCUT2D eigenvalue weighted by atomic mass is 32.2. The van der Waals surface area contributed by atoms with E-state index in [1.807, 2.05) is 11.8 Å². The maximum absolute atomic E-state index is 11.9. The van der Waals surface area contributed by atoms with Crippen LogP contribution >= 0.6 is 11.8 Å². The fourth-order valence-corrected chi connectivity index (χ4v) is 3.77. The Morgan fingerprint density at radius 2 is 2.39 bits per heavy atom. The number of nitrogens with one attached hydrogen (secondary N) is 1. The van der Waals surface area contributed by atoms with Gasteiger partial charge in [0.15, 0.2) is 5.82 Å². The molecule has 1 aromatic rings. The molecule has 2 aliphatic heterocycles. The topological polar surface area (TPSA) is 59.8 Å². The van der Waals surface area contributed by atoms with Crippen molar-refractivity contribution < 1.29 is 4.79 Å². The Bertz CT molecular complexity index is 439. The molecule has 1 atom stereocenters. The molecule has 18 heavy (non-hydrogen) atoms. The van der Waals surface area contributed by atoms with Crippen LogP contribution in [0.25, 0.3) is 0 Å². The lowest BCUT2D eigenvalue weighted by Crippen LogP contribution is -2.31. The van der Waals surface area contributed by atoms with Crippen LogP contribution in [0.3, 0.4) is 0 Å². The van der Waals surface area contributed by atoms with Crippen molar-refractivity contribution in [1.82, 2.24) is 20.1 Å². The van der Waals surface area contributed by atoms with Gasteiger partial charge in [-0.25, -0.2) is 0 Å². The molecule has 3 heterocycles. The largest absolute Gasteiger partial charge is 0.349 e. The first kappa shape index (κ1) is 12.0. The highest BCUT2D eigenvalue weighted by molar-refractivity contribution is 7.99. The standard InChI is InChI=1S/C12H18N4OS/c17-12(9-4-6-18-8-9)13-7-11-15-14-10-3-1-2-5-16(10)11/h9H,1-8H2,(H,13,17). The van der Waals surface area contributed by atoms with Crippen LogP contribution in [0, 0.1) is 5.92 Å². The van der Waals surface area contributed by atoms with Crippen LogP contribution in [0.1, 0.15) is 30.9 Å². The monoisotopic (exact) mass is 266 g/mol. The molecule has 3 rings (SSSR count). The molecule has 1 unspecified atom stereocenters. The number of aryl methyl sites for hydroxylation is 1. The van der Waals surface area contributed by atoms with Crippen LogP contribution in [0.4, 0.5) is 0 Å². The molecule has 6 heteroatoms. The molecule has 0 bridgehead atoms. The number of rotatable bonds is 3. The predicted octanol–water partition coefficient (Wildman–Crippen LogP) is 0.984. The van der Waals surface area contributed by atoms with Gasteiger partial charge in [0.05, 0.1) is 6.54 Å². The van der Waals surface area contributed by atoms with Crippen molar-refractivity contribution in [2.75, 3.05) is 11.5 Å².